The van der Waals surface area contributed by atoms with Gasteiger partial charge in [0.05, 0.1) is 39.9 Å². The highest BCUT2D eigenvalue weighted by Gasteiger charge is 2.23. The van der Waals surface area contributed by atoms with E-state index in [0.717, 1.165) is 38.5 Å². The molecular formula is C64H125N2O6P. The number of amides is 1. The zero-order chi connectivity index (χ0) is 53.5. The normalized spacial score (nSPS) is 14.0. The molecule has 3 atom stereocenters. The van der Waals surface area contributed by atoms with E-state index in [0.29, 0.717) is 17.4 Å². The van der Waals surface area contributed by atoms with Gasteiger partial charge in [0, 0.05) is 6.42 Å². The van der Waals surface area contributed by atoms with Gasteiger partial charge in [-0.3, -0.25) is 9.36 Å². The summed E-state index contributed by atoms with van der Waals surface area (Å²) < 4.78 is 23.3. The minimum absolute atomic E-state index is 0.00472. The van der Waals surface area contributed by atoms with Gasteiger partial charge in [-0.15, -0.1) is 0 Å². The minimum Gasteiger partial charge on any atom is -0.756 e. The second-order valence-electron chi connectivity index (χ2n) is 23.1. The lowest BCUT2D eigenvalue weighted by Crippen LogP contribution is -2.45. The number of nitrogens with one attached hydrogen (secondary N) is 1. The van der Waals surface area contributed by atoms with E-state index in [1.54, 1.807) is 6.08 Å². The van der Waals surface area contributed by atoms with Crippen molar-refractivity contribution in [3.63, 3.8) is 0 Å². The summed E-state index contributed by atoms with van der Waals surface area (Å²) in [6.45, 7) is 4.64. The Bertz CT molecular complexity index is 1280. The SMILES string of the molecule is CCCCCCCC/C=C/CC/C=C/C(O)C(COP(=O)([O-])OCC[N+](C)(C)C)NC(=O)CCCCCCCCCCCCCCCCCCCCCCCCCCCCC/C=C\CCCCCCCCCC. The molecule has 432 valence electrons. The molecule has 2 N–H and O–H groups in total. The first-order valence-electron chi connectivity index (χ1n) is 31.9. The number of rotatable bonds is 59. The highest BCUT2D eigenvalue weighted by Crippen LogP contribution is 2.38. The van der Waals surface area contributed by atoms with Crippen LogP contribution in [-0.4, -0.2) is 68.5 Å². The number of unbranched alkanes of at least 4 members (excludes halogenated alkanes) is 42. The molecule has 0 aromatic rings. The van der Waals surface area contributed by atoms with E-state index in [9.17, 15) is 19.4 Å². The average Bonchev–Trinajstić information content (AvgIpc) is 3.35. The van der Waals surface area contributed by atoms with Crippen molar-refractivity contribution in [2.24, 2.45) is 0 Å². The molecule has 0 aliphatic heterocycles. The van der Waals surface area contributed by atoms with Gasteiger partial charge in [0.15, 0.2) is 0 Å². The number of quaternary nitrogens is 1. The van der Waals surface area contributed by atoms with Gasteiger partial charge in [0.1, 0.15) is 13.2 Å². The minimum atomic E-state index is -4.60. The molecule has 3 unspecified atom stereocenters. The number of hydrogen-bond acceptors (Lipinski definition) is 6. The van der Waals surface area contributed by atoms with Gasteiger partial charge in [-0.05, 0) is 57.8 Å². The highest BCUT2D eigenvalue weighted by atomic mass is 31.2. The predicted molar refractivity (Wildman–Crippen MR) is 316 cm³/mol. The first-order valence-corrected chi connectivity index (χ1v) is 33.3. The molecule has 0 fully saturated rings. The molecule has 0 aliphatic carbocycles. The van der Waals surface area contributed by atoms with Crippen LogP contribution < -0.4 is 10.2 Å². The van der Waals surface area contributed by atoms with Gasteiger partial charge < -0.3 is 28.8 Å². The summed E-state index contributed by atoms with van der Waals surface area (Å²) in [5.41, 5.74) is 0. The summed E-state index contributed by atoms with van der Waals surface area (Å²) in [6, 6.07) is -0.900. The van der Waals surface area contributed by atoms with Crippen molar-refractivity contribution in [2.45, 2.75) is 328 Å². The van der Waals surface area contributed by atoms with Crippen LogP contribution in [0.3, 0.4) is 0 Å². The largest absolute Gasteiger partial charge is 0.756 e. The van der Waals surface area contributed by atoms with Gasteiger partial charge in [-0.25, -0.2) is 0 Å². The molecule has 0 heterocycles. The van der Waals surface area contributed by atoms with E-state index in [2.05, 4.69) is 43.5 Å². The van der Waals surface area contributed by atoms with Crippen molar-refractivity contribution in [1.82, 2.24) is 5.32 Å². The van der Waals surface area contributed by atoms with Crippen molar-refractivity contribution < 1.29 is 32.9 Å². The fourth-order valence-corrected chi connectivity index (χ4v) is 10.3. The summed E-state index contributed by atoms with van der Waals surface area (Å²) in [5, 5.41) is 13.8. The number of aliphatic hydroxyl groups excluding tert-OH is 1. The lowest BCUT2D eigenvalue weighted by molar-refractivity contribution is -0.870. The lowest BCUT2D eigenvalue weighted by atomic mass is 10.0. The zero-order valence-corrected chi connectivity index (χ0v) is 50.3. The number of hydrogen-bond donors (Lipinski definition) is 2. The number of carbonyl (C=O) groups is 1. The molecule has 73 heavy (non-hydrogen) atoms. The lowest BCUT2D eigenvalue weighted by Gasteiger charge is -2.29. The van der Waals surface area contributed by atoms with E-state index in [1.807, 2.05) is 27.2 Å². The Morgan fingerprint density at radius 3 is 1.11 bits per heavy atom. The Balaban J connectivity index is 3.84. The fraction of sp³-hybridized carbons (Fsp3) is 0.891. The number of allylic oxidation sites excluding steroid dienone is 5. The molecule has 8 nitrogen and oxygen atoms in total. The van der Waals surface area contributed by atoms with E-state index < -0.39 is 20.0 Å². The van der Waals surface area contributed by atoms with Crippen molar-refractivity contribution >= 4 is 13.7 Å². The molecule has 0 rings (SSSR count). The monoisotopic (exact) mass is 1050 g/mol. The third-order valence-corrected chi connectivity index (χ3v) is 15.5. The van der Waals surface area contributed by atoms with Crippen LogP contribution >= 0.6 is 7.82 Å². The van der Waals surface area contributed by atoms with Crippen LogP contribution in [0.4, 0.5) is 0 Å². The standard InChI is InChI=1S/C64H125N2O6P/c1-6-8-10-12-14-16-18-20-21-22-23-24-25-26-27-28-29-30-31-32-33-34-35-36-37-38-39-40-41-42-43-44-45-46-48-50-52-54-56-58-64(68)65-62(61-72-73(69,70)71-60-59-66(3,4)5)63(67)57-55-53-51-49-47-19-17-15-13-11-9-7-2/h22-23,47,49,55,57,62-63,67H,6-21,24-46,48,50-54,56,58-61H2,1-5H3,(H-,65,68,69,70)/b23-22-,49-47+,57-55+. The molecule has 9 heteroatoms. The Hall–Kier alpha value is -1.28. The molecule has 0 bridgehead atoms. The van der Waals surface area contributed by atoms with Crippen molar-refractivity contribution in [1.29, 1.82) is 0 Å². The van der Waals surface area contributed by atoms with Crippen molar-refractivity contribution in [3.05, 3.63) is 36.5 Å². The van der Waals surface area contributed by atoms with E-state index in [4.69, 9.17) is 9.05 Å². The summed E-state index contributed by atoms with van der Waals surface area (Å²) >= 11 is 0. The third kappa shape index (κ3) is 58.2. The second kappa shape index (κ2) is 55.5. The molecule has 0 saturated carbocycles. The first kappa shape index (κ1) is 71.7. The smallest absolute Gasteiger partial charge is 0.268 e. The maximum atomic E-state index is 12.9. The zero-order valence-electron chi connectivity index (χ0n) is 49.4. The summed E-state index contributed by atoms with van der Waals surface area (Å²) in [6.07, 6.45) is 72.8. The molecular weight excluding hydrogens is 924 g/mol. The van der Waals surface area contributed by atoms with Gasteiger partial charge >= 0.3 is 0 Å². The Labute approximate surface area is 455 Å². The van der Waals surface area contributed by atoms with Crippen LogP contribution in [0.5, 0.6) is 0 Å². The maximum Gasteiger partial charge on any atom is 0.268 e. The van der Waals surface area contributed by atoms with E-state index in [-0.39, 0.29) is 19.1 Å². The summed E-state index contributed by atoms with van der Waals surface area (Å²) in [7, 11) is 1.25. The molecule has 0 aliphatic rings. The molecule has 1 amide bonds. The van der Waals surface area contributed by atoms with Crippen molar-refractivity contribution in [3.8, 4) is 0 Å². The Morgan fingerprint density at radius 2 is 0.767 bits per heavy atom. The quantitative estimate of drug-likeness (QED) is 0.0272. The fourth-order valence-electron chi connectivity index (χ4n) is 9.58. The molecule has 0 aromatic heterocycles. The maximum absolute atomic E-state index is 12.9. The number of phosphoric ester groups is 1. The van der Waals surface area contributed by atoms with Gasteiger partial charge in [0.25, 0.3) is 7.82 Å². The van der Waals surface area contributed by atoms with Crippen LogP contribution in [0.2, 0.25) is 0 Å². The highest BCUT2D eigenvalue weighted by molar-refractivity contribution is 7.45. The predicted octanol–water partition coefficient (Wildman–Crippen LogP) is 19.1. The first-order chi connectivity index (χ1) is 35.5. The Morgan fingerprint density at radius 1 is 0.466 bits per heavy atom. The summed E-state index contributed by atoms with van der Waals surface area (Å²) in [4.78, 5) is 25.4. The molecule has 0 spiro atoms. The van der Waals surface area contributed by atoms with Crippen LogP contribution in [0, 0.1) is 0 Å². The number of phosphoric acid groups is 1. The second-order valence-corrected chi connectivity index (χ2v) is 24.5. The number of likely N-dealkylation sites (N-methyl/N-ethyl adjacent to an activating group) is 1. The van der Waals surface area contributed by atoms with Crippen molar-refractivity contribution in [2.75, 3.05) is 40.9 Å². The van der Waals surface area contributed by atoms with Crippen LogP contribution in [0.15, 0.2) is 36.5 Å². The van der Waals surface area contributed by atoms with E-state index in [1.165, 1.54) is 257 Å². The van der Waals surface area contributed by atoms with E-state index >= 15 is 0 Å². The molecule has 0 radical (unpaired) electrons. The third-order valence-electron chi connectivity index (χ3n) is 14.6. The van der Waals surface area contributed by atoms with Crippen LogP contribution in [0.25, 0.3) is 0 Å². The number of carbonyl (C=O) groups excluding carboxylic acids is 1. The summed E-state index contributed by atoms with van der Waals surface area (Å²) in [5.74, 6) is -0.203. The van der Waals surface area contributed by atoms with Gasteiger partial charge in [-0.2, -0.15) is 0 Å². The number of nitrogens with zero attached hydrogens (tertiary/aromatic N) is 1. The van der Waals surface area contributed by atoms with Gasteiger partial charge in [0.2, 0.25) is 5.91 Å². The average molecular weight is 1050 g/mol. The number of aliphatic hydroxyl groups is 1. The van der Waals surface area contributed by atoms with Crippen LogP contribution in [-0.2, 0) is 18.4 Å². The molecule has 0 aromatic carbocycles. The topological polar surface area (TPSA) is 108 Å². The Kier molecular flexibility index (Phi) is 54.5. The molecule has 0 saturated heterocycles. The van der Waals surface area contributed by atoms with Gasteiger partial charge in [-0.1, -0.05) is 288 Å². The van der Waals surface area contributed by atoms with Crippen LogP contribution in [0.1, 0.15) is 316 Å².